The predicted octanol–water partition coefficient (Wildman–Crippen LogP) is -7.46. The van der Waals surface area contributed by atoms with Gasteiger partial charge in [-0.15, -0.1) is 0 Å². The first-order chi connectivity index (χ1) is 9.27. The Balaban J connectivity index is -0.00000180. The summed E-state index contributed by atoms with van der Waals surface area (Å²) in [6.45, 7) is 9.19. The second kappa shape index (κ2) is 14.1. The zero-order valence-corrected chi connectivity index (χ0v) is 15.6. The summed E-state index contributed by atoms with van der Waals surface area (Å²) in [5.41, 5.74) is 7.67. The molecule has 134 valence electrons. The van der Waals surface area contributed by atoms with Crippen LogP contribution >= 0.6 is 0 Å². The molecule has 6 nitrogen and oxygen atoms in total. The van der Waals surface area contributed by atoms with Crippen molar-refractivity contribution in [3.63, 3.8) is 0 Å². The maximum atomic E-state index is 11.6. The Bertz CT molecular complexity index is 285. The Morgan fingerprint density at radius 1 is 0.773 bits per heavy atom. The van der Waals surface area contributed by atoms with E-state index in [1.54, 1.807) is 0 Å². The lowest BCUT2D eigenvalue weighted by Crippen LogP contribution is -3.00. The number of unbranched alkanes of at least 4 members (excludes halogenated alkanes) is 1. The summed E-state index contributed by atoms with van der Waals surface area (Å²) in [5.74, 6) is 0.502. The summed E-state index contributed by atoms with van der Waals surface area (Å²) in [4.78, 5) is 23.3. The van der Waals surface area contributed by atoms with Crippen LogP contribution in [0.5, 0.6) is 0 Å². The van der Waals surface area contributed by atoms with E-state index in [0.29, 0.717) is 13.1 Å². The maximum absolute atomic E-state index is 11.6. The molecule has 0 unspecified atom stereocenters. The van der Waals surface area contributed by atoms with Crippen LogP contribution < -0.4 is 46.9 Å². The average Bonchev–Trinajstić information content (AvgIpc) is 2.39. The summed E-state index contributed by atoms with van der Waals surface area (Å²) in [6, 6.07) is -0.402. The van der Waals surface area contributed by atoms with Crippen LogP contribution in [0.3, 0.4) is 0 Å². The number of quaternary nitrogens is 2. The largest absolute Gasteiger partial charge is 1.00 e. The van der Waals surface area contributed by atoms with Gasteiger partial charge in [-0.05, 0) is 12.8 Å². The third kappa shape index (κ3) is 11.1. The van der Waals surface area contributed by atoms with E-state index in [2.05, 4.69) is 22.1 Å². The van der Waals surface area contributed by atoms with Crippen LogP contribution in [-0.2, 0) is 9.59 Å². The SMILES string of the molecule is CC(C)[C@H]([NH3+])C(=O)NCCCCNC(=O)[C@@H]([NH3+])C(C)C.[Cl-].[Cl-]. The zero-order chi connectivity index (χ0) is 15.7. The Labute approximate surface area is 146 Å². The molecule has 0 saturated heterocycles. The van der Waals surface area contributed by atoms with E-state index in [4.69, 9.17) is 0 Å². The molecule has 0 fully saturated rings. The van der Waals surface area contributed by atoms with Crippen molar-refractivity contribution in [1.82, 2.24) is 10.6 Å². The minimum absolute atomic E-state index is 0. The van der Waals surface area contributed by atoms with Crippen LogP contribution in [0.15, 0.2) is 0 Å². The number of carbonyl (C=O) groups excluding carboxylic acids is 2. The quantitative estimate of drug-likeness (QED) is 0.307. The molecule has 0 aliphatic heterocycles. The molecular weight excluding hydrogens is 327 g/mol. The van der Waals surface area contributed by atoms with Crippen molar-refractivity contribution in [2.75, 3.05) is 13.1 Å². The summed E-state index contributed by atoms with van der Waals surface area (Å²) >= 11 is 0. The highest BCUT2D eigenvalue weighted by Gasteiger charge is 2.21. The topological polar surface area (TPSA) is 113 Å². The molecule has 0 radical (unpaired) electrons. The molecule has 8 N–H and O–H groups in total. The highest BCUT2D eigenvalue weighted by atomic mass is 35.5. The number of nitrogens with one attached hydrogen (secondary N) is 2. The van der Waals surface area contributed by atoms with E-state index in [9.17, 15) is 9.59 Å². The van der Waals surface area contributed by atoms with Crippen molar-refractivity contribution in [3.8, 4) is 0 Å². The minimum Gasteiger partial charge on any atom is -1.00 e. The number of hydrogen-bond donors (Lipinski definition) is 4. The van der Waals surface area contributed by atoms with Gasteiger partial charge in [0.1, 0.15) is 0 Å². The third-order valence-electron chi connectivity index (χ3n) is 3.49. The van der Waals surface area contributed by atoms with E-state index in [1.807, 2.05) is 27.7 Å². The monoisotopic (exact) mass is 358 g/mol. The summed E-state index contributed by atoms with van der Waals surface area (Å²) in [6.07, 6.45) is 1.70. The fourth-order valence-corrected chi connectivity index (χ4v) is 1.54. The lowest BCUT2D eigenvalue weighted by atomic mass is 10.0. The van der Waals surface area contributed by atoms with Gasteiger partial charge in [0.05, 0.1) is 0 Å². The van der Waals surface area contributed by atoms with E-state index in [0.717, 1.165) is 12.8 Å². The molecule has 0 spiro atoms. The van der Waals surface area contributed by atoms with Gasteiger partial charge in [-0.25, -0.2) is 0 Å². The minimum atomic E-state index is -0.201. The van der Waals surface area contributed by atoms with Gasteiger partial charge in [0.15, 0.2) is 12.1 Å². The molecule has 0 aromatic carbocycles. The van der Waals surface area contributed by atoms with Crippen molar-refractivity contribution in [1.29, 1.82) is 0 Å². The summed E-state index contributed by atoms with van der Waals surface area (Å²) < 4.78 is 0. The van der Waals surface area contributed by atoms with Gasteiger partial charge in [0.25, 0.3) is 11.8 Å². The van der Waals surface area contributed by atoms with E-state index in [-0.39, 0.29) is 60.5 Å². The van der Waals surface area contributed by atoms with Gasteiger partial charge in [0, 0.05) is 24.9 Å². The Morgan fingerprint density at radius 3 is 1.27 bits per heavy atom. The van der Waals surface area contributed by atoms with Crippen molar-refractivity contribution in [2.24, 2.45) is 11.8 Å². The van der Waals surface area contributed by atoms with Crippen LogP contribution in [0.25, 0.3) is 0 Å². The predicted molar refractivity (Wildman–Crippen MR) is 78.3 cm³/mol. The summed E-state index contributed by atoms with van der Waals surface area (Å²) in [7, 11) is 0. The van der Waals surface area contributed by atoms with Crippen LogP contribution in [0, 0.1) is 11.8 Å². The van der Waals surface area contributed by atoms with Gasteiger partial charge in [0.2, 0.25) is 0 Å². The Kier molecular flexibility index (Phi) is 16.8. The number of hydrogen-bond acceptors (Lipinski definition) is 2. The van der Waals surface area contributed by atoms with Crippen molar-refractivity contribution < 1.29 is 45.9 Å². The molecule has 2 amide bonds. The lowest BCUT2D eigenvalue weighted by molar-refractivity contribution is -0.414. The molecule has 0 aromatic heterocycles. The average molecular weight is 359 g/mol. The van der Waals surface area contributed by atoms with Gasteiger partial charge < -0.3 is 46.9 Å². The van der Waals surface area contributed by atoms with Crippen LogP contribution in [0.1, 0.15) is 40.5 Å². The van der Waals surface area contributed by atoms with Crippen molar-refractivity contribution in [2.45, 2.75) is 52.6 Å². The lowest BCUT2D eigenvalue weighted by Gasteiger charge is -2.13. The summed E-state index contributed by atoms with van der Waals surface area (Å²) in [5, 5.41) is 5.73. The smallest absolute Gasteiger partial charge is 0.278 e. The zero-order valence-electron chi connectivity index (χ0n) is 14.1. The molecule has 0 aliphatic rings. The van der Waals surface area contributed by atoms with E-state index >= 15 is 0 Å². The van der Waals surface area contributed by atoms with Crippen molar-refractivity contribution >= 4 is 11.8 Å². The van der Waals surface area contributed by atoms with Crippen LogP contribution in [-0.4, -0.2) is 37.0 Å². The van der Waals surface area contributed by atoms with Gasteiger partial charge in [-0.2, -0.15) is 0 Å². The van der Waals surface area contributed by atoms with Crippen molar-refractivity contribution in [3.05, 3.63) is 0 Å². The molecule has 0 heterocycles. The Hall–Kier alpha value is -0.560. The number of halogens is 2. The van der Waals surface area contributed by atoms with E-state index in [1.165, 1.54) is 0 Å². The molecule has 0 saturated carbocycles. The molecule has 22 heavy (non-hydrogen) atoms. The molecule has 2 atom stereocenters. The number of amides is 2. The van der Waals surface area contributed by atoms with E-state index < -0.39 is 0 Å². The van der Waals surface area contributed by atoms with Crippen LogP contribution in [0.4, 0.5) is 0 Å². The molecule has 8 heteroatoms. The highest BCUT2D eigenvalue weighted by molar-refractivity contribution is 5.80. The second-order valence-electron chi connectivity index (χ2n) is 5.99. The molecule has 0 aliphatic carbocycles. The first kappa shape index (κ1) is 26.3. The van der Waals surface area contributed by atoms with Gasteiger partial charge >= 0.3 is 0 Å². The highest BCUT2D eigenvalue weighted by Crippen LogP contribution is 1.97. The van der Waals surface area contributed by atoms with Crippen LogP contribution in [0.2, 0.25) is 0 Å². The van der Waals surface area contributed by atoms with Gasteiger partial charge in [-0.3, -0.25) is 9.59 Å². The first-order valence-corrected chi connectivity index (χ1v) is 7.49. The molecule has 0 rings (SSSR count). The second-order valence-corrected chi connectivity index (χ2v) is 5.99. The normalized spacial score (nSPS) is 12.9. The molecule has 0 aromatic rings. The molecule has 0 bridgehead atoms. The third-order valence-corrected chi connectivity index (χ3v) is 3.49. The Morgan fingerprint density at radius 2 is 1.05 bits per heavy atom. The number of rotatable bonds is 9. The standard InChI is InChI=1S/C14H30N4O2.2ClH/c1-9(2)11(15)13(19)17-7-5-6-8-18-14(20)12(16)10(3)4;;/h9-12H,5-8,15-16H2,1-4H3,(H,17,19)(H,18,20);2*1H/t11-,12-;;/m0../s1. The maximum Gasteiger partial charge on any atom is 0.278 e. The fraction of sp³-hybridized carbons (Fsp3) is 0.857. The fourth-order valence-electron chi connectivity index (χ4n) is 1.54. The molecular formula is C14H32Cl2N4O2. The first-order valence-electron chi connectivity index (χ1n) is 7.49. The van der Waals surface area contributed by atoms with Gasteiger partial charge in [-0.1, -0.05) is 27.7 Å². The number of carbonyl (C=O) groups is 2.